The number of anilines is 1. The van der Waals surface area contributed by atoms with E-state index >= 15 is 0 Å². The molecule has 9 nitrogen and oxygen atoms in total. The van der Waals surface area contributed by atoms with E-state index in [1.165, 1.54) is 11.8 Å². The molecule has 3 amide bonds. The van der Waals surface area contributed by atoms with Gasteiger partial charge in [0, 0.05) is 45.0 Å². The van der Waals surface area contributed by atoms with Gasteiger partial charge in [-0.15, -0.1) is 0 Å². The van der Waals surface area contributed by atoms with Gasteiger partial charge in [-0.05, 0) is 67.3 Å². The number of ether oxygens (including phenoxy) is 1. The number of hydrogen-bond acceptors (Lipinski definition) is 6. The lowest BCUT2D eigenvalue weighted by Crippen LogP contribution is -2.51. The zero-order valence-electron chi connectivity index (χ0n) is 24.1. The Bertz CT molecular complexity index is 1340. The van der Waals surface area contributed by atoms with Crippen molar-refractivity contribution in [1.82, 2.24) is 20.1 Å². The fourth-order valence-electron chi connectivity index (χ4n) is 4.96. The Morgan fingerprint density at radius 1 is 1.02 bits per heavy atom. The standard InChI is InChI=1S/C32H38ClN5O4/c1-37(18-19-42-2)22-25-8-4-5-9-27(25)23-10-12-24(13-11-23)31(40)35-28(32(41)38-16-6-3-7-17-38)20-30(39)36-29-15-14-26(33)21-34-29/h4-5,8-15,21,28H,3,6-7,16-20,22H2,1-2H3,(H,35,40)(H,34,36,39)/t28-/m1/s1. The summed E-state index contributed by atoms with van der Waals surface area (Å²) in [5.41, 5.74) is 3.64. The van der Waals surface area contributed by atoms with Crippen LogP contribution >= 0.6 is 11.6 Å². The number of nitrogens with zero attached hydrogens (tertiary/aromatic N) is 3. The number of halogens is 1. The van der Waals surface area contributed by atoms with Gasteiger partial charge in [0.05, 0.1) is 18.1 Å². The molecule has 2 aromatic carbocycles. The van der Waals surface area contributed by atoms with Crippen molar-refractivity contribution in [3.8, 4) is 11.1 Å². The van der Waals surface area contributed by atoms with Crippen LogP contribution in [0.25, 0.3) is 11.1 Å². The van der Waals surface area contributed by atoms with E-state index in [9.17, 15) is 14.4 Å². The van der Waals surface area contributed by atoms with E-state index in [-0.39, 0.29) is 12.3 Å². The van der Waals surface area contributed by atoms with Gasteiger partial charge in [0.15, 0.2) is 0 Å². The summed E-state index contributed by atoms with van der Waals surface area (Å²) in [6.07, 6.45) is 4.07. The van der Waals surface area contributed by atoms with Crippen molar-refractivity contribution in [3.05, 3.63) is 83.0 Å². The molecule has 1 aliphatic heterocycles. The summed E-state index contributed by atoms with van der Waals surface area (Å²) in [7, 11) is 3.75. The molecule has 1 aliphatic rings. The van der Waals surface area contributed by atoms with E-state index in [4.69, 9.17) is 16.3 Å². The number of amides is 3. The molecule has 10 heteroatoms. The smallest absolute Gasteiger partial charge is 0.251 e. The quantitative estimate of drug-likeness (QED) is 0.319. The molecule has 2 heterocycles. The molecule has 0 saturated carbocycles. The molecule has 42 heavy (non-hydrogen) atoms. The van der Waals surface area contributed by atoms with Crippen LogP contribution in [0.15, 0.2) is 66.9 Å². The van der Waals surface area contributed by atoms with Crippen molar-refractivity contribution in [2.24, 2.45) is 0 Å². The SMILES string of the molecule is COCCN(C)Cc1ccccc1-c1ccc(C(=O)N[C@H](CC(=O)Nc2ccc(Cl)cn2)C(=O)N2CCCCC2)cc1. The second-order valence-electron chi connectivity index (χ2n) is 10.5. The summed E-state index contributed by atoms with van der Waals surface area (Å²) in [6, 6.07) is 17.7. The first-order chi connectivity index (χ1) is 20.3. The summed E-state index contributed by atoms with van der Waals surface area (Å²) in [5, 5.41) is 5.95. The molecule has 1 fully saturated rings. The van der Waals surface area contributed by atoms with Gasteiger partial charge in [-0.3, -0.25) is 19.3 Å². The number of rotatable bonds is 12. The number of methoxy groups -OCH3 is 1. The van der Waals surface area contributed by atoms with Crippen LogP contribution in [-0.2, 0) is 20.9 Å². The van der Waals surface area contributed by atoms with Crippen molar-refractivity contribution in [2.45, 2.75) is 38.3 Å². The maximum atomic E-state index is 13.4. The Hall–Kier alpha value is -3.79. The molecule has 0 radical (unpaired) electrons. The van der Waals surface area contributed by atoms with Crippen LogP contribution in [0, 0.1) is 0 Å². The van der Waals surface area contributed by atoms with E-state index in [1.807, 2.05) is 24.3 Å². The lowest BCUT2D eigenvalue weighted by molar-refractivity contribution is -0.135. The van der Waals surface area contributed by atoms with Crippen LogP contribution in [0.4, 0.5) is 5.82 Å². The van der Waals surface area contributed by atoms with Crippen LogP contribution in [-0.4, -0.2) is 78.9 Å². The van der Waals surface area contributed by atoms with Crippen LogP contribution in [0.3, 0.4) is 0 Å². The Balaban J connectivity index is 1.46. The molecule has 1 atom stereocenters. The summed E-state index contributed by atoms with van der Waals surface area (Å²) < 4.78 is 5.20. The molecular formula is C32H38ClN5O4. The van der Waals surface area contributed by atoms with Gasteiger partial charge in [0.25, 0.3) is 5.91 Å². The molecule has 1 aromatic heterocycles. The van der Waals surface area contributed by atoms with E-state index in [1.54, 1.807) is 36.3 Å². The molecule has 2 N–H and O–H groups in total. The van der Waals surface area contributed by atoms with Gasteiger partial charge in [-0.1, -0.05) is 48.0 Å². The average molecular weight is 592 g/mol. The number of likely N-dealkylation sites (tertiary alicyclic amines) is 1. The predicted octanol–water partition coefficient (Wildman–Crippen LogP) is 4.62. The van der Waals surface area contributed by atoms with E-state index in [0.29, 0.717) is 36.1 Å². The minimum atomic E-state index is -1.01. The van der Waals surface area contributed by atoms with Crippen molar-refractivity contribution in [1.29, 1.82) is 0 Å². The molecule has 0 aliphatic carbocycles. The molecule has 0 spiro atoms. The number of likely N-dealkylation sites (N-methyl/N-ethyl adjacent to an activating group) is 1. The number of nitrogens with one attached hydrogen (secondary N) is 2. The molecule has 222 valence electrons. The average Bonchev–Trinajstić information content (AvgIpc) is 3.01. The minimum absolute atomic E-state index is 0.215. The van der Waals surface area contributed by atoms with Crippen molar-refractivity contribution in [3.63, 3.8) is 0 Å². The normalized spacial score (nSPS) is 14.0. The zero-order valence-corrected chi connectivity index (χ0v) is 24.9. The van der Waals surface area contributed by atoms with Crippen LogP contribution in [0.1, 0.15) is 41.6 Å². The third-order valence-corrected chi connectivity index (χ3v) is 7.47. The maximum Gasteiger partial charge on any atom is 0.251 e. The minimum Gasteiger partial charge on any atom is -0.383 e. The van der Waals surface area contributed by atoms with E-state index in [0.717, 1.165) is 43.5 Å². The third-order valence-electron chi connectivity index (χ3n) is 7.25. The van der Waals surface area contributed by atoms with E-state index in [2.05, 4.69) is 39.7 Å². The second kappa shape index (κ2) is 15.4. The molecule has 4 rings (SSSR count). The summed E-state index contributed by atoms with van der Waals surface area (Å²) >= 11 is 5.89. The highest BCUT2D eigenvalue weighted by Crippen LogP contribution is 2.25. The number of aromatic nitrogens is 1. The van der Waals surface area contributed by atoms with Gasteiger partial charge in [0.1, 0.15) is 11.9 Å². The molecule has 0 unspecified atom stereocenters. The second-order valence-corrected chi connectivity index (χ2v) is 10.9. The van der Waals surface area contributed by atoms with Gasteiger partial charge in [-0.2, -0.15) is 0 Å². The summed E-state index contributed by atoms with van der Waals surface area (Å²) in [5.74, 6) is -0.782. The van der Waals surface area contributed by atoms with Crippen LogP contribution < -0.4 is 10.6 Å². The Morgan fingerprint density at radius 2 is 1.76 bits per heavy atom. The number of pyridine rings is 1. The number of piperidine rings is 1. The number of carbonyl (C=O) groups excluding carboxylic acids is 3. The first-order valence-corrected chi connectivity index (χ1v) is 14.6. The molecule has 1 saturated heterocycles. The Kier molecular flexibility index (Phi) is 11.5. The highest BCUT2D eigenvalue weighted by atomic mass is 35.5. The molecule has 3 aromatic rings. The number of hydrogen-bond donors (Lipinski definition) is 2. The summed E-state index contributed by atoms with van der Waals surface area (Å²) in [4.78, 5) is 47.6. The third kappa shape index (κ3) is 8.85. The van der Waals surface area contributed by atoms with Crippen LogP contribution in [0.5, 0.6) is 0 Å². The van der Waals surface area contributed by atoms with Crippen LogP contribution in [0.2, 0.25) is 5.02 Å². The summed E-state index contributed by atoms with van der Waals surface area (Å²) in [6.45, 7) is 3.45. The predicted molar refractivity (Wildman–Crippen MR) is 164 cm³/mol. The van der Waals surface area contributed by atoms with Gasteiger partial charge < -0.3 is 20.3 Å². The topological polar surface area (TPSA) is 104 Å². The highest BCUT2D eigenvalue weighted by Gasteiger charge is 2.29. The number of carbonyl (C=O) groups is 3. The molecule has 0 bridgehead atoms. The fraction of sp³-hybridized carbons (Fsp3) is 0.375. The lowest BCUT2D eigenvalue weighted by Gasteiger charge is -2.30. The fourth-order valence-corrected chi connectivity index (χ4v) is 5.08. The Morgan fingerprint density at radius 3 is 2.45 bits per heavy atom. The van der Waals surface area contributed by atoms with Gasteiger partial charge >= 0.3 is 0 Å². The van der Waals surface area contributed by atoms with Crippen molar-refractivity contribution >= 4 is 35.1 Å². The largest absolute Gasteiger partial charge is 0.383 e. The molecular weight excluding hydrogens is 554 g/mol. The zero-order chi connectivity index (χ0) is 29.9. The first-order valence-electron chi connectivity index (χ1n) is 14.2. The Labute approximate surface area is 252 Å². The highest BCUT2D eigenvalue weighted by molar-refractivity contribution is 6.30. The van der Waals surface area contributed by atoms with Gasteiger partial charge in [0.2, 0.25) is 11.8 Å². The lowest BCUT2D eigenvalue weighted by atomic mass is 9.98. The van der Waals surface area contributed by atoms with Crippen molar-refractivity contribution in [2.75, 3.05) is 45.7 Å². The number of benzene rings is 2. The van der Waals surface area contributed by atoms with Crippen molar-refractivity contribution < 1.29 is 19.1 Å². The maximum absolute atomic E-state index is 13.4. The van der Waals surface area contributed by atoms with E-state index < -0.39 is 17.9 Å². The monoisotopic (exact) mass is 591 g/mol. The first kappa shape index (κ1) is 31.2. The van der Waals surface area contributed by atoms with Gasteiger partial charge in [-0.25, -0.2) is 4.98 Å².